The Bertz CT molecular complexity index is 457. The van der Waals surface area contributed by atoms with Crippen LogP contribution in [-0.4, -0.2) is 9.38 Å². The Morgan fingerprint density at radius 2 is 2.21 bits per heavy atom. The van der Waals surface area contributed by atoms with Crippen LogP contribution in [0.15, 0.2) is 18.3 Å². The van der Waals surface area contributed by atoms with E-state index in [1.165, 1.54) is 5.69 Å². The SMILES string of the molecule is CCc1c(C)nc2ccc(CN)cn12. The van der Waals surface area contributed by atoms with E-state index in [-0.39, 0.29) is 0 Å². The lowest BCUT2D eigenvalue weighted by molar-refractivity contribution is 0.952. The maximum Gasteiger partial charge on any atom is 0.137 e. The summed E-state index contributed by atoms with van der Waals surface area (Å²) in [5.41, 5.74) is 10.1. The summed E-state index contributed by atoms with van der Waals surface area (Å²) >= 11 is 0. The summed E-state index contributed by atoms with van der Waals surface area (Å²) < 4.78 is 2.14. The zero-order valence-corrected chi connectivity index (χ0v) is 8.62. The van der Waals surface area contributed by atoms with Crippen molar-refractivity contribution in [3.63, 3.8) is 0 Å². The molecular weight excluding hydrogens is 174 g/mol. The molecule has 0 saturated heterocycles. The number of imidazole rings is 1. The number of rotatable bonds is 2. The van der Waals surface area contributed by atoms with Gasteiger partial charge in [0.15, 0.2) is 0 Å². The van der Waals surface area contributed by atoms with Crippen molar-refractivity contribution in [1.82, 2.24) is 9.38 Å². The smallest absolute Gasteiger partial charge is 0.137 e. The van der Waals surface area contributed by atoms with E-state index in [1.807, 2.05) is 19.1 Å². The number of fused-ring (bicyclic) bond motifs is 1. The van der Waals surface area contributed by atoms with Crippen molar-refractivity contribution < 1.29 is 0 Å². The molecule has 0 aromatic carbocycles. The third-order valence-electron chi connectivity index (χ3n) is 2.55. The zero-order chi connectivity index (χ0) is 10.1. The van der Waals surface area contributed by atoms with Crippen LogP contribution in [0.4, 0.5) is 0 Å². The van der Waals surface area contributed by atoms with E-state index in [1.54, 1.807) is 0 Å². The van der Waals surface area contributed by atoms with Crippen molar-refractivity contribution >= 4 is 5.65 Å². The third kappa shape index (κ3) is 1.30. The number of nitrogens with zero attached hydrogens (tertiary/aromatic N) is 2. The maximum absolute atomic E-state index is 5.61. The molecule has 74 valence electrons. The Hall–Kier alpha value is -1.35. The molecular formula is C11H15N3. The van der Waals surface area contributed by atoms with Gasteiger partial charge in [-0.25, -0.2) is 4.98 Å². The molecule has 0 unspecified atom stereocenters. The average molecular weight is 189 g/mol. The molecule has 0 aliphatic heterocycles. The number of hydrogen-bond acceptors (Lipinski definition) is 2. The van der Waals surface area contributed by atoms with E-state index in [9.17, 15) is 0 Å². The summed E-state index contributed by atoms with van der Waals surface area (Å²) in [5, 5.41) is 0. The Balaban J connectivity index is 2.71. The topological polar surface area (TPSA) is 43.3 Å². The summed E-state index contributed by atoms with van der Waals surface area (Å²) in [6.07, 6.45) is 3.08. The second kappa shape index (κ2) is 3.42. The van der Waals surface area contributed by atoms with Gasteiger partial charge in [-0.2, -0.15) is 0 Å². The fourth-order valence-corrected chi connectivity index (χ4v) is 1.80. The Kier molecular flexibility index (Phi) is 2.25. The van der Waals surface area contributed by atoms with Crippen molar-refractivity contribution in [3.05, 3.63) is 35.3 Å². The van der Waals surface area contributed by atoms with Crippen molar-refractivity contribution in [1.29, 1.82) is 0 Å². The molecule has 3 heteroatoms. The van der Waals surface area contributed by atoms with Crippen LogP contribution in [0.1, 0.15) is 23.9 Å². The molecule has 2 aromatic rings. The van der Waals surface area contributed by atoms with Crippen molar-refractivity contribution in [2.45, 2.75) is 26.8 Å². The van der Waals surface area contributed by atoms with E-state index >= 15 is 0 Å². The molecule has 14 heavy (non-hydrogen) atoms. The molecule has 0 amide bonds. The quantitative estimate of drug-likeness (QED) is 0.780. The van der Waals surface area contributed by atoms with Gasteiger partial charge in [0.25, 0.3) is 0 Å². The Labute approximate surface area is 83.6 Å². The Morgan fingerprint density at radius 1 is 1.43 bits per heavy atom. The van der Waals surface area contributed by atoms with Crippen molar-refractivity contribution in [2.75, 3.05) is 0 Å². The van der Waals surface area contributed by atoms with Gasteiger partial charge in [0.1, 0.15) is 5.65 Å². The van der Waals surface area contributed by atoms with Gasteiger partial charge in [0.05, 0.1) is 5.69 Å². The van der Waals surface area contributed by atoms with Crippen LogP contribution in [-0.2, 0) is 13.0 Å². The molecule has 0 fully saturated rings. The highest BCUT2D eigenvalue weighted by Gasteiger charge is 2.06. The highest BCUT2D eigenvalue weighted by atomic mass is 15.0. The number of aromatic nitrogens is 2. The number of nitrogens with two attached hydrogens (primary N) is 1. The van der Waals surface area contributed by atoms with Crippen LogP contribution in [0.25, 0.3) is 5.65 Å². The summed E-state index contributed by atoms with van der Waals surface area (Å²) in [6.45, 7) is 4.77. The minimum absolute atomic E-state index is 0.580. The average Bonchev–Trinajstić information content (AvgIpc) is 2.52. The summed E-state index contributed by atoms with van der Waals surface area (Å²) in [5.74, 6) is 0. The molecule has 0 atom stereocenters. The van der Waals surface area contributed by atoms with Gasteiger partial charge in [-0.15, -0.1) is 0 Å². The summed E-state index contributed by atoms with van der Waals surface area (Å²) in [7, 11) is 0. The lowest BCUT2D eigenvalue weighted by atomic mass is 10.2. The highest BCUT2D eigenvalue weighted by Crippen LogP contribution is 2.13. The van der Waals surface area contributed by atoms with Crippen LogP contribution in [0.2, 0.25) is 0 Å². The molecule has 3 nitrogen and oxygen atoms in total. The molecule has 0 aliphatic carbocycles. The van der Waals surface area contributed by atoms with E-state index in [0.717, 1.165) is 23.3 Å². The fourth-order valence-electron chi connectivity index (χ4n) is 1.80. The van der Waals surface area contributed by atoms with E-state index in [2.05, 4.69) is 22.5 Å². The van der Waals surface area contributed by atoms with Gasteiger partial charge in [-0.3, -0.25) is 0 Å². The first-order valence-electron chi connectivity index (χ1n) is 4.92. The lowest BCUT2D eigenvalue weighted by Gasteiger charge is -2.01. The second-order valence-electron chi connectivity index (χ2n) is 3.47. The predicted molar refractivity (Wildman–Crippen MR) is 57.2 cm³/mol. The van der Waals surface area contributed by atoms with Crippen LogP contribution < -0.4 is 5.73 Å². The second-order valence-corrected chi connectivity index (χ2v) is 3.47. The third-order valence-corrected chi connectivity index (χ3v) is 2.55. The monoisotopic (exact) mass is 189 g/mol. The molecule has 0 aliphatic rings. The van der Waals surface area contributed by atoms with E-state index in [0.29, 0.717) is 6.54 Å². The molecule has 2 N–H and O–H groups in total. The molecule has 2 heterocycles. The van der Waals surface area contributed by atoms with Crippen LogP contribution in [0.3, 0.4) is 0 Å². The standard InChI is InChI=1S/C11H15N3/c1-3-10-8(2)13-11-5-4-9(6-12)7-14(10)11/h4-5,7H,3,6,12H2,1-2H3. The van der Waals surface area contributed by atoms with Crippen molar-refractivity contribution in [2.24, 2.45) is 5.73 Å². The first-order valence-corrected chi connectivity index (χ1v) is 4.92. The van der Waals surface area contributed by atoms with Gasteiger partial charge >= 0.3 is 0 Å². The zero-order valence-electron chi connectivity index (χ0n) is 8.62. The molecule has 0 bridgehead atoms. The van der Waals surface area contributed by atoms with Crippen LogP contribution in [0, 0.1) is 6.92 Å². The molecule has 2 aromatic heterocycles. The first-order chi connectivity index (χ1) is 6.76. The van der Waals surface area contributed by atoms with E-state index < -0.39 is 0 Å². The molecule has 0 spiro atoms. The number of pyridine rings is 1. The number of hydrogen-bond donors (Lipinski definition) is 1. The van der Waals surface area contributed by atoms with Crippen LogP contribution >= 0.6 is 0 Å². The summed E-state index contributed by atoms with van der Waals surface area (Å²) in [4.78, 5) is 4.48. The fraction of sp³-hybridized carbons (Fsp3) is 0.364. The van der Waals surface area contributed by atoms with Gasteiger partial charge in [0, 0.05) is 18.4 Å². The highest BCUT2D eigenvalue weighted by molar-refractivity contribution is 5.44. The van der Waals surface area contributed by atoms with Gasteiger partial charge in [-0.05, 0) is 25.0 Å². The van der Waals surface area contributed by atoms with Gasteiger partial charge in [-0.1, -0.05) is 13.0 Å². The lowest BCUT2D eigenvalue weighted by Crippen LogP contribution is -1.99. The largest absolute Gasteiger partial charge is 0.326 e. The molecule has 2 rings (SSSR count). The van der Waals surface area contributed by atoms with E-state index in [4.69, 9.17) is 5.73 Å². The van der Waals surface area contributed by atoms with Gasteiger partial charge < -0.3 is 10.1 Å². The Morgan fingerprint density at radius 3 is 2.86 bits per heavy atom. The predicted octanol–water partition coefficient (Wildman–Crippen LogP) is 1.66. The normalized spacial score (nSPS) is 11.1. The summed E-state index contributed by atoms with van der Waals surface area (Å²) in [6, 6.07) is 4.05. The van der Waals surface area contributed by atoms with Crippen molar-refractivity contribution in [3.8, 4) is 0 Å². The minimum atomic E-state index is 0.580. The minimum Gasteiger partial charge on any atom is -0.326 e. The van der Waals surface area contributed by atoms with Crippen LogP contribution in [0.5, 0.6) is 0 Å². The number of aryl methyl sites for hydroxylation is 2. The van der Waals surface area contributed by atoms with Gasteiger partial charge in [0.2, 0.25) is 0 Å². The molecule has 0 saturated carbocycles. The first kappa shape index (κ1) is 9.21. The maximum atomic E-state index is 5.61. The molecule has 0 radical (unpaired) electrons.